The summed E-state index contributed by atoms with van der Waals surface area (Å²) in [4.78, 5) is 6.44. The summed E-state index contributed by atoms with van der Waals surface area (Å²) < 4.78 is 0. The van der Waals surface area contributed by atoms with Crippen LogP contribution in [0.5, 0.6) is 0 Å². The van der Waals surface area contributed by atoms with Gasteiger partial charge in [-0.25, -0.2) is 0 Å². The minimum absolute atomic E-state index is 0.0525. The fraction of sp³-hybridized carbons (Fsp3) is 0.615. The molecule has 0 saturated heterocycles. The standard InChI is InChI=1S/C13H21N3/c1-16(10-12-5-4-8-15-9-12)11-13(14)6-2-3-7-13/h4-5,8-9H,2-3,6-7,10-11,14H2,1H3. The number of nitrogens with two attached hydrogens (primary N) is 1. The average Bonchev–Trinajstić information content (AvgIpc) is 2.66. The van der Waals surface area contributed by atoms with Crippen LogP contribution in [0, 0.1) is 0 Å². The van der Waals surface area contributed by atoms with Gasteiger partial charge in [-0.05, 0) is 31.5 Å². The van der Waals surface area contributed by atoms with Crippen molar-refractivity contribution < 1.29 is 0 Å². The highest BCUT2D eigenvalue weighted by atomic mass is 15.1. The maximum atomic E-state index is 6.36. The highest BCUT2D eigenvalue weighted by Crippen LogP contribution is 2.27. The highest BCUT2D eigenvalue weighted by Gasteiger charge is 2.30. The van der Waals surface area contributed by atoms with Gasteiger partial charge in [0.25, 0.3) is 0 Å². The van der Waals surface area contributed by atoms with Crippen LogP contribution in [0.1, 0.15) is 31.2 Å². The molecule has 2 N–H and O–H groups in total. The predicted octanol–water partition coefficient (Wildman–Crippen LogP) is 1.78. The molecule has 0 aromatic carbocycles. The third-order valence-electron chi connectivity index (χ3n) is 3.36. The Balaban J connectivity index is 1.86. The van der Waals surface area contributed by atoms with Crippen molar-refractivity contribution in [3.05, 3.63) is 30.1 Å². The zero-order valence-electron chi connectivity index (χ0n) is 10.0. The maximum absolute atomic E-state index is 6.36. The van der Waals surface area contributed by atoms with Crippen LogP contribution in [0.25, 0.3) is 0 Å². The molecule has 0 bridgehead atoms. The molecular formula is C13H21N3. The molecule has 3 heteroatoms. The summed E-state index contributed by atoms with van der Waals surface area (Å²) in [7, 11) is 2.14. The Bertz CT molecular complexity index is 317. The normalized spacial score (nSPS) is 19.2. The first-order chi connectivity index (χ1) is 7.68. The average molecular weight is 219 g/mol. The van der Waals surface area contributed by atoms with E-state index in [0.29, 0.717) is 0 Å². The van der Waals surface area contributed by atoms with Crippen molar-refractivity contribution in [2.75, 3.05) is 13.6 Å². The summed E-state index contributed by atoms with van der Waals surface area (Å²) in [6.45, 7) is 1.93. The van der Waals surface area contributed by atoms with E-state index >= 15 is 0 Å². The molecule has 1 aliphatic rings. The van der Waals surface area contributed by atoms with Gasteiger partial charge in [0.05, 0.1) is 0 Å². The van der Waals surface area contributed by atoms with Crippen LogP contribution >= 0.6 is 0 Å². The van der Waals surface area contributed by atoms with Gasteiger partial charge in [-0.3, -0.25) is 4.98 Å². The molecule has 1 aromatic rings. The van der Waals surface area contributed by atoms with E-state index in [1.54, 1.807) is 0 Å². The van der Waals surface area contributed by atoms with E-state index in [1.807, 2.05) is 18.5 Å². The van der Waals surface area contributed by atoms with E-state index in [2.05, 4.69) is 23.0 Å². The van der Waals surface area contributed by atoms with Crippen molar-refractivity contribution in [1.29, 1.82) is 0 Å². The van der Waals surface area contributed by atoms with E-state index in [0.717, 1.165) is 13.1 Å². The lowest BCUT2D eigenvalue weighted by molar-refractivity contribution is 0.241. The zero-order valence-corrected chi connectivity index (χ0v) is 10.0. The fourth-order valence-electron chi connectivity index (χ4n) is 2.63. The molecule has 1 saturated carbocycles. The van der Waals surface area contributed by atoms with Crippen molar-refractivity contribution in [2.45, 2.75) is 37.8 Å². The highest BCUT2D eigenvalue weighted by molar-refractivity contribution is 5.08. The van der Waals surface area contributed by atoms with Crippen LogP contribution in [-0.2, 0) is 6.54 Å². The molecular weight excluding hydrogens is 198 g/mol. The summed E-state index contributed by atoms with van der Waals surface area (Å²) in [5, 5.41) is 0. The minimum atomic E-state index is 0.0525. The second-order valence-corrected chi connectivity index (χ2v) is 5.10. The lowest BCUT2D eigenvalue weighted by Gasteiger charge is -2.29. The summed E-state index contributed by atoms with van der Waals surface area (Å²) in [5.41, 5.74) is 7.66. The second-order valence-electron chi connectivity index (χ2n) is 5.10. The van der Waals surface area contributed by atoms with Gasteiger partial charge in [-0.2, -0.15) is 0 Å². The van der Waals surface area contributed by atoms with E-state index in [-0.39, 0.29) is 5.54 Å². The number of likely N-dealkylation sites (N-methyl/N-ethyl adjacent to an activating group) is 1. The zero-order chi connectivity index (χ0) is 11.4. The molecule has 0 radical (unpaired) electrons. The molecule has 0 amide bonds. The van der Waals surface area contributed by atoms with E-state index in [4.69, 9.17) is 5.73 Å². The number of hydrogen-bond acceptors (Lipinski definition) is 3. The second kappa shape index (κ2) is 4.93. The number of aromatic nitrogens is 1. The van der Waals surface area contributed by atoms with Crippen molar-refractivity contribution in [3.63, 3.8) is 0 Å². The lowest BCUT2D eigenvalue weighted by atomic mass is 9.98. The first kappa shape index (κ1) is 11.6. The Kier molecular flexibility index (Phi) is 3.56. The first-order valence-electron chi connectivity index (χ1n) is 6.04. The smallest absolute Gasteiger partial charge is 0.0312 e. The predicted molar refractivity (Wildman–Crippen MR) is 66.0 cm³/mol. The van der Waals surface area contributed by atoms with Gasteiger partial charge in [0.2, 0.25) is 0 Å². The Labute approximate surface area is 97.7 Å². The number of hydrogen-bond donors (Lipinski definition) is 1. The molecule has 1 heterocycles. The van der Waals surface area contributed by atoms with Crippen LogP contribution in [0.2, 0.25) is 0 Å². The van der Waals surface area contributed by atoms with E-state index in [1.165, 1.54) is 31.2 Å². The summed E-state index contributed by atoms with van der Waals surface area (Å²) >= 11 is 0. The molecule has 0 spiro atoms. The Morgan fingerprint density at radius 2 is 2.19 bits per heavy atom. The van der Waals surface area contributed by atoms with Gasteiger partial charge in [0.1, 0.15) is 0 Å². The lowest BCUT2D eigenvalue weighted by Crippen LogP contribution is -2.46. The minimum Gasteiger partial charge on any atom is -0.324 e. The monoisotopic (exact) mass is 219 g/mol. The molecule has 16 heavy (non-hydrogen) atoms. The van der Waals surface area contributed by atoms with Gasteiger partial charge in [-0.1, -0.05) is 18.9 Å². The molecule has 2 rings (SSSR count). The van der Waals surface area contributed by atoms with Gasteiger partial charge < -0.3 is 10.6 Å². The molecule has 88 valence electrons. The summed E-state index contributed by atoms with van der Waals surface area (Å²) in [6, 6.07) is 4.10. The molecule has 1 aromatic heterocycles. The number of nitrogens with zero attached hydrogens (tertiary/aromatic N) is 2. The summed E-state index contributed by atoms with van der Waals surface area (Å²) in [5.74, 6) is 0. The van der Waals surface area contributed by atoms with E-state index in [9.17, 15) is 0 Å². The van der Waals surface area contributed by atoms with Gasteiger partial charge in [-0.15, -0.1) is 0 Å². The Morgan fingerprint density at radius 3 is 2.81 bits per heavy atom. The molecule has 0 atom stereocenters. The van der Waals surface area contributed by atoms with Crippen LogP contribution in [0.3, 0.4) is 0 Å². The molecule has 0 aliphatic heterocycles. The van der Waals surface area contributed by atoms with Crippen molar-refractivity contribution in [1.82, 2.24) is 9.88 Å². The number of pyridine rings is 1. The fourth-order valence-corrected chi connectivity index (χ4v) is 2.63. The quantitative estimate of drug-likeness (QED) is 0.839. The molecule has 3 nitrogen and oxygen atoms in total. The van der Waals surface area contributed by atoms with Crippen molar-refractivity contribution >= 4 is 0 Å². The van der Waals surface area contributed by atoms with Crippen LogP contribution in [0.15, 0.2) is 24.5 Å². The largest absolute Gasteiger partial charge is 0.324 e. The van der Waals surface area contributed by atoms with Crippen molar-refractivity contribution in [2.24, 2.45) is 5.73 Å². The number of rotatable bonds is 4. The summed E-state index contributed by atoms with van der Waals surface area (Å²) in [6.07, 6.45) is 8.66. The van der Waals surface area contributed by atoms with Crippen molar-refractivity contribution in [3.8, 4) is 0 Å². The maximum Gasteiger partial charge on any atom is 0.0312 e. The Morgan fingerprint density at radius 1 is 1.44 bits per heavy atom. The third-order valence-corrected chi connectivity index (χ3v) is 3.36. The Hall–Kier alpha value is -0.930. The van der Waals surface area contributed by atoms with Crippen LogP contribution < -0.4 is 5.73 Å². The molecule has 1 fully saturated rings. The van der Waals surface area contributed by atoms with E-state index < -0.39 is 0 Å². The topological polar surface area (TPSA) is 42.2 Å². The molecule has 1 aliphatic carbocycles. The van der Waals surface area contributed by atoms with Crippen LogP contribution in [-0.4, -0.2) is 29.0 Å². The van der Waals surface area contributed by atoms with Crippen LogP contribution in [0.4, 0.5) is 0 Å². The van der Waals surface area contributed by atoms with Gasteiger partial charge in [0.15, 0.2) is 0 Å². The first-order valence-corrected chi connectivity index (χ1v) is 6.04. The van der Waals surface area contributed by atoms with Gasteiger partial charge in [0, 0.05) is 31.0 Å². The third kappa shape index (κ3) is 3.03. The van der Waals surface area contributed by atoms with Gasteiger partial charge >= 0.3 is 0 Å². The molecule has 0 unspecified atom stereocenters. The SMILES string of the molecule is CN(Cc1cccnc1)CC1(N)CCCC1.